The molecule has 2 aromatic heterocycles. The minimum absolute atomic E-state index is 0.923. The largest absolute Gasteiger partial charge is 0.299 e. The Hall–Kier alpha value is -2.42. The summed E-state index contributed by atoms with van der Waals surface area (Å²) in [5.41, 5.74) is 3.13. The van der Waals surface area contributed by atoms with Gasteiger partial charge in [-0.1, -0.05) is 18.2 Å². The van der Waals surface area contributed by atoms with E-state index in [2.05, 4.69) is 26.7 Å². The first-order valence-electron chi connectivity index (χ1n) is 5.86. The number of hydrogen-bond acceptors (Lipinski definition) is 2. The van der Waals surface area contributed by atoms with E-state index in [1.54, 1.807) is 6.20 Å². The summed E-state index contributed by atoms with van der Waals surface area (Å²) in [5.74, 6) is 0.923. The second-order valence-corrected chi connectivity index (χ2v) is 4.15. The molecular weight excluding hydrogens is 222 g/mol. The molecule has 0 fully saturated rings. The molecule has 3 nitrogen and oxygen atoms in total. The van der Waals surface area contributed by atoms with Gasteiger partial charge in [0.25, 0.3) is 0 Å². The highest BCUT2D eigenvalue weighted by molar-refractivity contribution is 5.58. The van der Waals surface area contributed by atoms with Crippen molar-refractivity contribution in [2.45, 2.75) is 6.92 Å². The van der Waals surface area contributed by atoms with Gasteiger partial charge in [0.15, 0.2) is 0 Å². The van der Waals surface area contributed by atoms with Gasteiger partial charge in [-0.15, -0.1) is 0 Å². The van der Waals surface area contributed by atoms with Gasteiger partial charge in [-0.25, -0.2) is 4.98 Å². The quantitative estimate of drug-likeness (QED) is 0.682. The van der Waals surface area contributed by atoms with Crippen LogP contribution in [0.3, 0.4) is 0 Å². The summed E-state index contributed by atoms with van der Waals surface area (Å²) in [6.45, 7) is 2.00. The maximum absolute atomic E-state index is 4.58. The van der Waals surface area contributed by atoms with Crippen molar-refractivity contribution < 1.29 is 0 Å². The summed E-state index contributed by atoms with van der Waals surface area (Å²) in [6.07, 6.45) is 5.64. The summed E-state index contributed by atoms with van der Waals surface area (Å²) in [7, 11) is 0. The first-order chi connectivity index (χ1) is 8.84. The summed E-state index contributed by atoms with van der Waals surface area (Å²) in [5, 5.41) is 0. The zero-order chi connectivity index (χ0) is 12.4. The van der Waals surface area contributed by atoms with Gasteiger partial charge in [0, 0.05) is 29.8 Å². The molecule has 0 unspecified atom stereocenters. The SMILES string of the molecule is Cc1cn(-c2ccccc2)c(-c2cccnc2)n1. The Morgan fingerprint density at radius 2 is 1.83 bits per heavy atom. The Labute approximate surface area is 106 Å². The Balaban J connectivity index is 2.17. The molecule has 0 radical (unpaired) electrons. The Morgan fingerprint density at radius 1 is 1.00 bits per heavy atom. The lowest BCUT2D eigenvalue weighted by atomic mass is 10.2. The topological polar surface area (TPSA) is 30.7 Å². The van der Waals surface area contributed by atoms with E-state index in [1.165, 1.54) is 0 Å². The van der Waals surface area contributed by atoms with Crippen molar-refractivity contribution in [2.24, 2.45) is 0 Å². The van der Waals surface area contributed by atoms with Crippen LogP contribution in [0, 0.1) is 6.92 Å². The van der Waals surface area contributed by atoms with Crippen LogP contribution in [0.25, 0.3) is 17.1 Å². The second-order valence-electron chi connectivity index (χ2n) is 4.15. The molecule has 0 amide bonds. The molecule has 88 valence electrons. The van der Waals surface area contributed by atoms with Crippen LogP contribution in [-0.4, -0.2) is 14.5 Å². The van der Waals surface area contributed by atoms with E-state index in [4.69, 9.17) is 0 Å². The zero-order valence-corrected chi connectivity index (χ0v) is 10.1. The molecule has 0 N–H and O–H groups in total. The molecule has 3 aromatic rings. The van der Waals surface area contributed by atoms with Crippen LogP contribution < -0.4 is 0 Å². The van der Waals surface area contributed by atoms with Crippen molar-refractivity contribution in [1.82, 2.24) is 14.5 Å². The molecule has 3 rings (SSSR count). The molecule has 0 spiro atoms. The summed E-state index contributed by atoms with van der Waals surface area (Å²) < 4.78 is 2.09. The normalized spacial score (nSPS) is 10.5. The average Bonchev–Trinajstić information content (AvgIpc) is 2.83. The maximum atomic E-state index is 4.58. The number of aryl methyl sites for hydroxylation is 1. The van der Waals surface area contributed by atoms with Crippen LogP contribution in [0.15, 0.2) is 61.1 Å². The van der Waals surface area contributed by atoms with Crippen molar-refractivity contribution in [1.29, 1.82) is 0 Å². The van der Waals surface area contributed by atoms with Gasteiger partial charge in [-0.3, -0.25) is 9.55 Å². The molecule has 2 heterocycles. The lowest BCUT2D eigenvalue weighted by Crippen LogP contribution is -1.95. The summed E-state index contributed by atoms with van der Waals surface area (Å²) in [4.78, 5) is 8.73. The van der Waals surface area contributed by atoms with Gasteiger partial charge in [-0.05, 0) is 31.2 Å². The predicted octanol–water partition coefficient (Wildman–Crippen LogP) is 3.24. The number of hydrogen-bond donors (Lipinski definition) is 0. The fraction of sp³-hybridized carbons (Fsp3) is 0.0667. The fourth-order valence-electron chi connectivity index (χ4n) is 1.98. The van der Waals surface area contributed by atoms with Crippen molar-refractivity contribution in [2.75, 3.05) is 0 Å². The number of nitrogens with zero attached hydrogens (tertiary/aromatic N) is 3. The number of para-hydroxylation sites is 1. The van der Waals surface area contributed by atoms with Crippen molar-refractivity contribution in [3.8, 4) is 17.1 Å². The first kappa shape index (κ1) is 10.7. The van der Waals surface area contributed by atoms with E-state index in [1.807, 2.05) is 49.6 Å². The summed E-state index contributed by atoms with van der Waals surface area (Å²) in [6, 6.07) is 14.2. The highest BCUT2D eigenvalue weighted by Crippen LogP contribution is 2.21. The monoisotopic (exact) mass is 235 g/mol. The molecule has 0 aliphatic heterocycles. The van der Waals surface area contributed by atoms with Gasteiger partial charge < -0.3 is 0 Å². The summed E-state index contributed by atoms with van der Waals surface area (Å²) >= 11 is 0. The number of aromatic nitrogens is 3. The van der Waals surface area contributed by atoms with E-state index in [0.29, 0.717) is 0 Å². The lowest BCUT2D eigenvalue weighted by Gasteiger charge is -2.06. The smallest absolute Gasteiger partial charge is 0.146 e. The van der Waals surface area contributed by atoms with E-state index < -0.39 is 0 Å². The van der Waals surface area contributed by atoms with Crippen molar-refractivity contribution in [3.63, 3.8) is 0 Å². The molecule has 0 aliphatic carbocycles. The number of benzene rings is 1. The van der Waals surface area contributed by atoms with Gasteiger partial charge in [0.1, 0.15) is 5.82 Å². The van der Waals surface area contributed by atoms with Crippen LogP contribution >= 0.6 is 0 Å². The third-order valence-electron chi connectivity index (χ3n) is 2.78. The van der Waals surface area contributed by atoms with Crippen LogP contribution in [0.2, 0.25) is 0 Å². The van der Waals surface area contributed by atoms with E-state index in [-0.39, 0.29) is 0 Å². The molecule has 18 heavy (non-hydrogen) atoms. The lowest BCUT2D eigenvalue weighted by molar-refractivity contribution is 1.06. The fourth-order valence-corrected chi connectivity index (χ4v) is 1.98. The van der Waals surface area contributed by atoms with Crippen molar-refractivity contribution in [3.05, 3.63) is 66.7 Å². The molecule has 0 atom stereocenters. The van der Waals surface area contributed by atoms with Crippen LogP contribution in [0.1, 0.15) is 5.69 Å². The molecule has 0 aliphatic rings. The molecule has 3 heteroatoms. The van der Waals surface area contributed by atoms with Crippen LogP contribution in [-0.2, 0) is 0 Å². The number of rotatable bonds is 2. The molecular formula is C15H13N3. The maximum Gasteiger partial charge on any atom is 0.146 e. The van der Waals surface area contributed by atoms with E-state index >= 15 is 0 Å². The molecule has 0 bridgehead atoms. The second kappa shape index (κ2) is 4.45. The Bertz CT molecular complexity index is 585. The number of imidazole rings is 1. The first-order valence-corrected chi connectivity index (χ1v) is 5.86. The zero-order valence-electron chi connectivity index (χ0n) is 10.1. The standard InChI is InChI=1S/C15H13N3/c1-12-11-18(14-7-3-2-4-8-14)15(17-12)13-6-5-9-16-10-13/h2-11H,1H3. The molecule has 0 saturated heterocycles. The van der Waals surface area contributed by atoms with Crippen LogP contribution in [0.4, 0.5) is 0 Å². The van der Waals surface area contributed by atoms with Crippen molar-refractivity contribution >= 4 is 0 Å². The van der Waals surface area contributed by atoms with Gasteiger partial charge in [-0.2, -0.15) is 0 Å². The highest BCUT2D eigenvalue weighted by Gasteiger charge is 2.09. The van der Waals surface area contributed by atoms with Gasteiger partial charge >= 0.3 is 0 Å². The third-order valence-corrected chi connectivity index (χ3v) is 2.78. The highest BCUT2D eigenvalue weighted by atomic mass is 15.1. The van der Waals surface area contributed by atoms with Gasteiger partial charge in [0.05, 0.1) is 5.69 Å². The Morgan fingerprint density at radius 3 is 2.56 bits per heavy atom. The van der Waals surface area contributed by atoms with E-state index in [0.717, 1.165) is 22.8 Å². The Kier molecular flexibility index (Phi) is 2.65. The van der Waals surface area contributed by atoms with Crippen LogP contribution in [0.5, 0.6) is 0 Å². The molecule has 1 aromatic carbocycles. The number of pyridine rings is 1. The predicted molar refractivity (Wildman–Crippen MR) is 71.5 cm³/mol. The van der Waals surface area contributed by atoms with E-state index in [9.17, 15) is 0 Å². The average molecular weight is 235 g/mol. The minimum Gasteiger partial charge on any atom is -0.299 e. The van der Waals surface area contributed by atoms with Gasteiger partial charge in [0.2, 0.25) is 0 Å². The third kappa shape index (κ3) is 1.91. The minimum atomic E-state index is 0.923. The molecule has 0 saturated carbocycles.